The fourth-order valence-electron chi connectivity index (χ4n) is 4.58. The summed E-state index contributed by atoms with van der Waals surface area (Å²) in [5, 5.41) is 7.32. The molecule has 1 aliphatic heterocycles. The second kappa shape index (κ2) is 7.03. The number of rotatable bonds is 2. The summed E-state index contributed by atoms with van der Waals surface area (Å²) in [6.45, 7) is 4.73. The van der Waals surface area contributed by atoms with E-state index >= 15 is 0 Å². The molecule has 6 rings (SSSR count). The van der Waals surface area contributed by atoms with Crippen molar-refractivity contribution in [1.29, 1.82) is 0 Å². The van der Waals surface area contributed by atoms with E-state index in [0.29, 0.717) is 17.8 Å². The van der Waals surface area contributed by atoms with Crippen molar-refractivity contribution >= 4 is 33.9 Å². The van der Waals surface area contributed by atoms with E-state index in [4.69, 9.17) is 14.7 Å². The molecule has 0 spiro atoms. The Morgan fingerprint density at radius 1 is 1.22 bits per heavy atom. The summed E-state index contributed by atoms with van der Waals surface area (Å²) >= 11 is 0. The van der Waals surface area contributed by atoms with Gasteiger partial charge in [-0.25, -0.2) is 24.3 Å². The Labute approximate surface area is 184 Å². The smallest absolute Gasteiger partial charge is 0.328 e. The summed E-state index contributed by atoms with van der Waals surface area (Å²) in [6, 6.07) is 4.11. The van der Waals surface area contributed by atoms with Crippen LogP contribution in [0, 0.1) is 0 Å². The van der Waals surface area contributed by atoms with Crippen LogP contribution in [0.4, 0.5) is 10.5 Å². The van der Waals surface area contributed by atoms with Crippen LogP contribution in [-0.2, 0) is 11.3 Å². The van der Waals surface area contributed by atoms with Crippen LogP contribution in [0.2, 0.25) is 0 Å². The highest BCUT2D eigenvalue weighted by atomic mass is 16.5. The zero-order chi connectivity index (χ0) is 22.0. The van der Waals surface area contributed by atoms with Crippen LogP contribution >= 0.6 is 0 Å². The SMILES string of the molecule is CNc1cc2nc3c1ncn3C(=O)N[C@@H]1CC[C@H]1OCc1cnc3c(c1)c-2cn3C(C)C. The Kier molecular flexibility index (Phi) is 4.23. The second-order valence-electron chi connectivity index (χ2n) is 8.83. The number of hydrogen-bond acceptors (Lipinski definition) is 6. The third-order valence-electron chi connectivity index (χ3n) is 6.54. The molecule has 0 unspecified atom stereocenters. The number of amides is 1. The minimum atomic E-state index is -0.236. The van der Waals surface area contributed by atoms with E-state index in [-0.39, 0.29) is 24.2 Å². The summed E-state index contributed by atoms with van der Waals surface area (Å²) in [7, 11) is 1.85. The average molecular weight is 432 g/mol. The zero-order valence-corrected chi connectivity index (χ0v) is 18.3. The number of fused-ring (bicyclic) bond motifs is 4. The highest BCUT2D eigenvalue weighted by Gasteiger charge is 2.34. The molecule has 1 fully saturated rings. The summed E-state index contributed by atoms with van der Waals surface area (Å²) in [5.74, 6) is 0. The number of pyridine rings is 2. The first-order valence-corrected chi connectivity index (χ1v) is 11.0. The number of hydrogen-bond donors (Lipinski definition) is 2. The summed E-state index contributed by atoms with van der Waals surface area (Å²) in [5.41, 5.74) is 5.65. The largest absolute Gasteiger partial charge is 0.386 e. The summed E-state index contributed by atoms with van der Waals surface area (Å²) in [6.07, 6.45) is 7.32. The van der Waals surface area contributed by atoms with Gasteiger partial charge in [0.2, 0.25) is 0 Å². The van der Waals surface area contributed by atoms with Crippen molar-refractivity contribution in [3.8, 4) is 11.3 Å². The van der Waals surface area contributed by atoms with Crippen molar-refractivity contribution in [1.82, 2.24) is 29.4 Å². The lowest BCUT2D eigenvalue weighted by Gasteiger charge is -2.36. The molecule has 9 heteroatoms. The van der Waals surface area contributed by atoms with Crippen LogP contribution < -0.4 is 10.6 Å². The molecule has 2 aliphatic rings. The van der Waals surface area contributed by atoms with E-state index in [1.165, 1.54) is 10.9 Å². The summed E-state index contributed by atoms with van der Waals surface area (Å²) < 4.78 is 9.80. The van der Waals surface area contributed by atoms with E-state index < -0.39 is 0 Å². The van der Waals surface area contributed by atoms with Crippen molar-refractivity contribution in [3.05, 3.63) is 36.4 Å². The van der Waals surface area contributed by atoms with E-state index in [9.17, 15) is 4.79 Å². The van der Waals surface area contributed by atoms with Gasteiger partial charge >= 0.3 is 6.03 Å². The van der Waals surface area contributed by atoms with Gasteiger partial charge in [-0.05, 0) is 44.4 Å². The molecule has 2 atom stereocenters. The minimum absolute atomic E-state index is 0.0107. The molecule has 0 saturated heterocycles. The molecule has 1 aliphatic carbocycles. The Morgan fingerprint density at radius 3 is 2.84 bits per heavy atom. The predicted molar refractivity (Wildman–Crippen MR) is 122 cm³/mol. The molecule has 164 valence electrons. The fraction of sp³-hybridized carbons (Fsp3) is 0.391. The van der Waals surface area contributed by atoms with E-state index in [0.717, 1.165) is 46.4 Å². The predicted octanol–water partition coefficient (Wildman–Crippen LogP) is 3.69. The van der Waals surface area contributed by atoms with Gasteiger partial charge in [-0.3, -0.25) is 0 Å². The van der Waals surface area contributed by atoms with Crippen molar-refractivity contribution in [3.63, 3.8) is 0 Å². The Bertz CT molecular complexity index is 1370. The normalized spacial score (nSPS) is 20.4. The number of carbonyl (C=O) groups is 1. The van der Waals surface area contributed by atoms with Gasteiger partial charge in [-0.2, -0.15) is 0 Å². The number of aromatic nitrogens is 5. The fourth-order valence-corrected chi connectivity index (χ4v) is 4.58. The van der Waals surface area contributed by atoms with Gasteiger partial charge in [-0.15, -0.1) is 0 Å². The van der Waals surface area contributed by atoms with Crippen molar-refractivity contribution in [2.45, 2.75) is 51.5 Å². The molecule has 1 saturated carbocycles. The molecule has 0 aromatic carbocycles. The summed E-state index contributed by atoms with van der Waals surface area (Å²) in [4.78, 5) is 27.2. The van der Waals surface area contributed by atoms with Gasteiger partial charge in [0.15, 0.2) is 5.65 Å². The molecule has 32 heavy (non-hydrogen) atoms. The molecule has 9 nitrogen and oxygen atoms in total. The number of nitrogens with zero attached hydrogens (tertiary/aromatic N) is 5. The first kappa shape index (κ1) is 19.2. The number of anilines is 1. The molecule has 4 aromatic rings. The molecule has 0 radical (unpaired) electrons. The lowest BCUT2D eigenvalue weighted by molar-refractivity contribution is -0.0323. The maximum absolute atomic E-state index is 13.1. The van der Waals surface area contributed by atoms with Crippen molar-refractivity contribution in [2.75, 3.05) is 12.4 Å². The van der Waals surface area contributed by atoms with Crippen LogP contribution in [0.25, 0.3) is 33.5 Å². The lowest BCUT2D eigenvalue weighted by Crippen LogP contribution is -2.52. The van der Waals surface area contributed by atoms with Crippen LogP contribution in [0.3, 0.4) is 0 Å². The van der Waals surface area contributed by atoms with E-state index in [1.807, 2.05) is 19.3 Å². The van der Waals surface area contributed by atoms with Gasteiger partial charge in [0.1, 0.15) is 17.5 Å². The first-order chi connectivity index (χ1) is 15.5. The van der Waals surface area contributed by atoms with Gasteiger partial charge in [-0.1, -0.05) is 0 Å². The highest BCUT2D eigenvalue weighted by molar-refractivity contribution is 5.99. The van der Waals surface area contributed by atoms with E-state index in [1.54, 1.807) is 0 Å². The molecule has 1 amide bonds. The zero-order valence-electron chi connectivity index (χ0n) is 18.3. The molecule has 4 aromatic heterocycles. The lowest BCUT2D eigenvalue weighted by atomic mass is 9.89. The average Bonchev–Trinajstić information content (AvgIpc) is 3.37. The number of nitrogens with one attached hydrogen (secondary N) is 2. The molecular weight excluding hydrogens is 406 g/mol. The maximum atomic E-state index is 13.1. The van der Waals surface area contributed by atoms with Crippen LogP contribution in [0.5, 0.6) is 0 Å². The third kappa shape index (κ3) is 2.81. The van der Waals surface area contributed by atoms with Gasteiger partial charge in [0.25, 0.3) is 0 Å². The maximum Gasteiger partial charge on any atom is 0.328 e. The minimum Gasteiger partial charge on any atom is -0.386 e. The topological polar surface area (TPSA) is 98.9 Å². The standard InChI is InChI=1S/C23H25N7O2/c1-12(2)29-9-15-14-6-13(8-25-21(14)29)10-32-19-5-4-16(19)28-23(31)30-11-26-20-18(24-3)7-17(15)27-22(20)30/h6-9,11-12,16,19H,4-5,10H2,1-3H3,(H,24,27)(H,28,31)/t16-,19-/m1/s1. The second-order valence-corrected chi connectivity index (χ2v) is 8.83. The highest BCUT2D eigenvalue weighted by Crippen LogP contribution is 2.35. The molecular formula is C23H25N7O2. The Morgan fingerprint density at radius 2 is 2.09 bits per heavy atom. The Hall–Kier alpha value is -3.46. The van der Waals surface area contributed by atoms with Crippen molar-refractivity contribution in [2.24, 2.45) is 0 Å². The van der Waals surface area contributed by atoms with E-state index in [2.05, 4.69) is 46.3 Å². The quantitative estimate of drug-likeness (QED) is 0.502. The van der Waals surface area contributed by atoms with Crippen molar-refractivity contribution < 1.29 is 9.53 Å². The third-order valence-corrected chi connectivity index (χ3v) is 6.54. The Balaban J connectivity index is 1.64. The number of ether oxygens (including phenoxy) is 1. The molecule has 2 N–H and O–H groups in total. The van der Waals surface area contributed by atoms with Gasteiger partial charge in [0, 0.05) is 36.4 Å². The molecule has 4 bridgehead atoms. The number of carbonyl (C=O) groups excluding carboxylic acids is 1. The van der Waals surface area contributed by atoms with Gasteiger partial charge in [0.05, 0.1) is 30.1 Å². The van der Waals surface area contributed by atoms with Crippen LogP contribution in [0.15, 0.2) is 30.9 Å². The monoisotopic (exact) mass is 431 g/mol. The van der Waals surface area contributed by atoms with Crippen LogP contribution in [-0.4, -0.2) is 49.3 Å². The van der Waals surface area contributed by atoms with Gasteiger partial charge < -0.3 is 19.9 Å². The van der Waals surface area contributed by atoms with Crippen LogP contribution in [0.1, 0.15) is 38.3 Å². The number of imidazole rings is 1. The first-order valence-electron chi connectivity index (χ1n) is 11.0. The molecule has 5 heterocycles.